The molecule has 3 aromatic rings. The Morgan fingerprint density at radius 1 is 1.20 bits per heavy atom. The van der Waals surface area contributed by atoms with Crippen LogP contribution >= 0.6 is 15.9 Å². The molecular weight excluding hydrogens is 474 g/mol. The Labute approximate surface area is 181 Å². The van der Waals surface area contributed by atoms with Crippen molar-refractivity contribution in [2.24, 2.45) is 13.0 Å². The van der Waals surface area contributed by atoms with Crippen LogP contribution in [0.4, 0.5) is 5.69 Å². The lowest BCUT2D eigenvalue weighted by molar-refractivity contribution is -0.120. The van der Waals surface area contributed by atoms with Crippen molar-refractivity contribution in [3.63, 3.8) is 0 Å². The maximum absolute atomic E-state index is 13.1. The second-order valence-corrected chi connectivity index (χ2v) is 10.1. The van der Waals surface area contributed by atoms with Crippen molar-refractivity contribution in [1.29, 1.82) is 0 Å². The van der Waals surface area contributed by atoms with E-state index in [-0.39, 0.29) is 22.9 Å². The number of aromatic nitrogens is 1. The molecule has 1 saturated heterocycles. The Morgan fingerprint density at radius 2 is 1.93 bits per heavy atom. The zero-order valence-electron chi connectivity index (χ0n) is 16.2. The number of halogens is 1. The molecule has 4 rings (SSSR count). The highest BCUT2D eigenvalue weighted by Crippen LogP contribution is 2.27. The third kappa shape index (κ3) is 3.94. The summed E-state index contributed by atoms with van der Waals surface area (Å²) < 4.78 is 35.0. The minimum atomic E-state index is -3.83. The number of hydrogen-bond donors (Lipinski definition) is 1. The maximum Gasteiger partial charge on any atom is 0.419 e. The van der Waals surface area contributed by atoms with Crippen molar-refractivity contribution in [3.8, 4) is 0 Å². The van der Waals surface area contributed by atoms with Gasteiger partial charge < -0.3 is 9.73 Å². The molecule has 0 unspecified atom stereocenters. The number of hydrogen-bond acceptors (Lipinski definition) is 5. The summed E-state index contributed by atoms with van der Waals surface area (Å²) in [4.78, 5) is 24.4. The van der Waals surface area contributed by atoms with Crippen LogP contribution in [0.1, 0.15) is 12.8 Å². The fraction of sp³-hybridized carbons (Fsp3) is 0.300. The molecule has 0 saturated carbocycles. The van der Waals surface area contributed by atoms with Gasteiger partial charge in [-0.3, -0.25) is 9.36 Å². The van der Waals surface area contributed by atoms with Crippen molar-refractivity contribution in [3.05, 3.63) is 57.5 Å². The summed E-state index contributed by atoms with van der Waals surface area (Å²) in [7, 11) is -2.27. The van der Waals surface area contributed by atoms with Gasteiger partial charge in [-0.1, -0.05) is 15.9 Å². The van der Waals surface area contributed by atoms with E-state index in [0.29, 0.717) is 30.6 Å². The third-order valence-electron chi connectivity index (χ3n) is 5.27. The molecule has 2 heterocycles. The van der Waals surface area contributed by atoms with Crippen LogP contribution in [0.25, 0.3) is 11.1 Å². The molecule has 0 bridgehead atoms. The molecule has 8 nitrogen and oxygen atoms in total. The summed E-state index contributed by atoms with van der Waals surface area (Å²) in [6, 6.07) is 11.6. The summed E-state index contributed by atoms with van der Waals surface area (Å²) in [5.74, 6) is -1.21. The van der Waals surface area contributed by atoms with E-state index in [9.17, 15) is 18.0 Å². The standard InChI is InChI=1S/C20H20BrN3O5S/c1-23-17-9-8-16(11-18(17)29-20(23)26)30(27,28)24-10-2-3-13(12-24)19(25)22-15-6-4-14(21)5-7-15/h4-9,11,13H,2-3,10,12H2,1H3,(H,22,25)/t13-/m1/s1. The number of piperidine rings is 1. The summed E-state index contributed by atoms with van der Waals surface area (Å²) in [6.07, 6.45) is 1.20. The lowest BCUT2D eigenvalue weighted by Crippen LogP contribution is -2.43. The predicted octanol–water partition coefficient (Wildman–Crippen LogP) is 2.93. The number of benzene rings is 2. The van der Waals surface area contributed by atoms with Gasteiger partial charge in [-0.05, 0) is 49.2 Å². The van der Waals surface area contributed by atoms with Gasteiger partial charge in [0.05, 0.1) is 16.3 Å². The molecular formula is C20H20BrN3O5S. The number of aryl methyl sites for hydroxylation is 1. The number of anilines is 1. The molecule has 1 aliphatic heterocycles. The SMILES string of the molecule is Cn1c(=O)oc2cc(S(=O)(=O)N3CCC[C@@H](C(=O)Nc4ccc(Br)cc4)C3)ccc21. The fourth-order valence-corrected chi connectivity index (χ4v) is 5.38. The normalized spacial score (nSPS) is 17.9. The average molecular weight is 494 g/mol. The number of carbonyl (C=O) groups is 1. The van der Waals surface area contributed by atoms with E-state index in [1.807, 2.05) is 12.1 Å². The summed E-state index contributed by atoms with van der Waals surface area (Å²) in [5, 5.41) is 2.85. The summed E-state index contributed by atoms with van der Waals surface area (Å²) in [6.45, 7) is 0.433. The van der Waals surface area contributed by atoms with Crippen molar-refractivity contribution in [2.45, 2.75) is 17.7 Å². The molecule has 0 aliphatic carbocycles. The minimum Gasteiger partial charge on any atom is -0.408 e. The molecule has 1 N–H and O–H groups in total. The van der Waals surface area contributed by atoms with Crippen molar-refractivity contribution < 1.29 is 17.6 Å². The number of rotatable bonds is 4. The first kappa shape index (κ1) is 20.8. The highest BCUT2D eigenvalue weighted by atomic mass is 79.9. The molecule has 10 heteroatoms. The smallest absolute Gasteiger partial charge is 0.408 e. The fourth-order valence-electron chi connectivity index (χ4n) is 3.58. The molecule has 30 heavy (non-hydrogen) atoms. The highest BCUT2D eigenvalue weighted by molar-refractivity contribution is 9.10. The van der Waals surface area contributed by atoms with Gasteiger partial charge in [0.25, 0.3) is 0 Å². The zero-order chi connectivity index (χ0) is 21.5. The molecule has 1 atom stereocenters. The van der Waals surface area contributed by atoms with Crippen LogP contribution in [0.15, 0.2) is 61.0 Å². The topological polar surface area (TPSA) is 102 Å². The molecule has 1 aliphatic rings. The molecule has 1 fully saturated rings. The van der Waals surface area contributed by atoms with Gasteiger partial charge in [-0.25, -0.2) is 13.2 Å². The number of nitrogens with zero attached hydrogens (tertiary/aromatic N) is 2. The molecule has 0 radical (unpaired) electrons. The van der Waals surface area contributed by atoms with E-state index in [2.05, 4.69) is 21.2 Å². The third-order valence-corrected chi connectivity index (χ3v) is 7.66. The Bertz CT molecular complexity index is 1260. The first-order chi connectivity index (χ1) is 14.3. The maximum atomic E-state index is 13.1. The van der Waals surface area contributed by atoms with Crippen molar-refractivity contribution in [2.75, 3.05) is 18.4 Å². The second-order valence-electron chi connectivity index (χ2n) is 7.25. The van der Waals surface area contributed by atoms with Gasteiger partial charge in [0, 0.05) is 36.4 Å². The number of fused-ring (bicyclic) bond motifs is 1. The van der Waals surface area contributed by atoms with E-state index in [1.54, 1.807) is 25.2 Å². The van der Waals surface area contributed by atoms with Crippen LogP contribution in [0.3, 0.4) is 0 Å². The predicted molar refractivity (Wildman–Crippen MR) is 116 cm³/mol. The van der Waals surface area contributed by atoms with E-state index in [4.69, 9.17) is 4.42 Å². The Kier molecular flexibility index (Phi) is 5.56. The van der Waals surface area contributed by atoms with Crippen LogP contribution in [-0.4, -0.2) is 36.3 Å². The van der Waals surface area contributed by atoms with Gasteiger partial charge >= 0.3 is 5.76 Å². The number of nitrogens with one attached hydrogen (secondary N) is 1. The van der Waals surface area contributed by atoms with Gasteiger partial charge in [0.1, 0.15) is 0 Å². The molecule has 1 aromatic heterocycles. The Morgan fingerprint density at radius 3 is 2.67 bits per heavy atom. The number of amides is 1. The van der Waals surface area contributed by atoms with Gasteiger partial charge in [-0.15, -0.1) is 0 Å². The lowest BCUT2D eigenvalue weighted by Gasteiger charge is -2.31. The first-order valence-corrected chi connectivity index (χ1v) is 11.7. The quantitative estimate of drug-likeness (QED) is 0.601. The van der Waals surface area contributed by atoms with E-state index < -0.39 is 21.7 Å². The number of sulfonamides is 1. The largest absolute Gasteiger partial charge is 0.419 e. The second kappa shape index (κ2) is 8.01. The Balaban J connectivity index is 1.53. The summed E-state index contributed by atoms with van der Waals surface area (Å²) in [5.41, 5.74) is 1.39. The number of oxazole rings is 1. The van der Waals surface area contributed by atoms with Gasteiger partial charge in [0.2, 0.25) is 15.9 Å². The summed E-state index contributed by atoms with van der Waals surface area (Å²) >= 11 is 3.35. The van der Waals surface area contributed by atoms with Crippen LogP contribution in [0, 0.1) is 5.92 Å². The molecule has 1 amide bonds. The molecule has 0 spiro atoms. The van der Waals surface area contributed by atoms with Gasteiger partial charge in [0.15, 0.2) is 5.58 Å². The van der Waals surface area contributed by atoms with Crippen LogP contribution in [0.2, 0.25) is 0 Å². The Hall–Kier alpha value is -2.43. The van der Waals surface area contributed by atoms with Crippen LogP contribution < -0.4 is 11.1 Å². The van der Waals surface area contributed by atoms with E-state index in [0.717, 1.165) is 4.47 Å². The van der Waals surface area contributed by atoms with Crippen molar-refractivity contribution in [1.82, 2.24) is 8.87 Å². The zero-order valence-corrected chi connectivity index (χ0v) is 18.6. The number of carbonyl (C=O) groups excluding carboxylic acids is 1. The van der Waals surface area contributed by atoms with Crippen LogP contribution in [0.5, 0.6) is 0 Å². The molecule has 2 aromatic carbocycles. The van der Waals surface area contributed by atoms with E-state index in [1.165, 1.54) is 21.0 Å². The minimum absolute atomic E-state index is 0.0401. The van der Waals surface area contributed by atoms with Crippen molar-refractivity contribution >= 4 is 48.6 Å². The monoisotopic (exact) mass is 493 g/mol. The highest BCUT2D eigenvalue weighted by Gasteiger charge is 2.33. The van der Waals surface area contributed by atoms with Gasteiger partial charge in [-0.2, -0.15) is 4.31 Å². The lowest BCUT2D eigenvalue weighted by atomic mass is 9.99. The van der Waals surface area contributed by atoms with Crippen LogP contribution in [-0.2, 0) is 21.9 Å². The molecule has 158 valence electrons. The van der Waals surface area contributed by atoms with E-state index >= 15 is 0 Å². The average Bonchev–Trinajstić information content (AvgIpc) is 3.03. The first-order valence-electron chi connectivity index (χ1n) is 9.42.